The van der Waals surface area contributed by atoms with E-state index in [0.717, 1.165) is 25.4 Å². The Morgan fingerprint density at radius 1 is 1.27 bits per heavy atom. The van der Waals surface area contributed by atoms with Gasteiger partial charge in [0.25, 0.3) is 0 Å². The summed E-state index contributed by atoms with van der Waals surface area (Å²) in [6, 6.07) is 0. The molecule has 2 atom stereocenters. The minimum absolute atomic E-state index is 0.129. The van der Waals surface area contributed by atoms with Gasteiger partial charge in [-0.15, -0.1) is 0 Å². The number of amides is 1. The van der Waals surface area contributed by atoms with E-state index in [9.17, 15) is 4.79 Å². The van der Waals surface area contributed by atoms with Crippen molar-refractivity contribution in [2.75, 3.05) is 26.2 Å². The van der Waals surface area contributed by atoms with Crippen molar-refractivity contribution >= 4 is 5.91 Å². The minimum atomic E-state index is 0.129. The SMILES string of the molecule is CC(C)=CC1C(C(=O)NCCCN2CCC(C)CC2)C1(C)C. The Labute approximate surface area is 136 Å². The zero-order chi connectivity index (χ0) is 16.3. The topological polar surface area (TPSA) is 32.3 Å². The van der Waals surface area contributed by atoms with E-state index < -0.39 is 0 Å². The molecule has 1 aliphatic heterocycles. The van der Waals surface area contributed by atoms with E-state index in [2.05, 4.69) is 50.9 Å². The maximum Gasteiger partial charge on any atom is 0.224 e. The van der Waals surface area contributed by atoms with Crippen LogP contribution in [0.1, 0.15) is 53.9 Å². The molecule has 2 fully saturated rings. The molecule has 0 aromatic heterocycles. The van der Waals surface area contributed by atoms with Gasteiger partial charge in [0, 0.05) is 6.54 Å². The van der Waals surface area contributed by atoms with Crippen LogP contribution in [0, 0.1) is 23.2 Å². The van der Waals surface area contributed by atoms with Gasteiger partial charge in [-0.1, -0.05) is 32.4 Å². The first-order valence-corrected chi connectivity index (χ1v) is 8.97. The lowest BCUT2D eigenvalue weighted by atomic mass is 9.99. The second kappa shape index (κ2) is 7.16. The standard InChI is InChI=1S/C19H34N2O/c1-14(2)13-16-17(19(16,4)5)18(22)20-9-6-10-21-11-7-15(3)8-12-21/h13,15-17H,6-12H2,1-5H3,(H,20,22). The highest BCUT2D eigenvalue weighted by molar-refractivity contribution is 5.83. The summed E-state index contributed by atoms with van der Waals surface area (Å²) in [5.74, 6) is 1.72. The van der Waals surface area contributed by atoms with Crippen molar-refractivity contribution in [1.29, 1.82) is 0 Å². The summed E-state index contributed by atoms with van der Waals surface area (Å²) in [7, 11) is 0. The Bertz CT molecular complexity index is 415. The maximum absolute atomic E-state index is 12.4. The molecular weight excluding hydrogens is 272 g/mol. The summed E-state index contributed by atoms with van der Waals surface area (Å²) in [5.41, 5.74) is 1.44. The zero-order valence-corrected chi connectivity index (χ0v) is 15.1. The van der Waals surface area contributed by atoms with Crippen molar-refractivity contribution in [1.82, 2.24) is 10.2 Å². The molecule has 2 aliphatic rings. The second-order valence-corrected chi connectivity index (χ2v) is 8.24. The number of allylic oxidation sites excluding steroid dienone is 2. The third kappa shape index (κ3) is 4.34. The molecule has 3 heteroatoms. The van der Waals surface area contributed by atoms with Crippen molar-refractivity contribution in [3.63, 3.8) is 0 Å². The Balaban J connectivity index is 1.65. The molecule has 1 amide bonds. The summed E-state index contributed by atoms with van der Waals surface area (Å²) in [6.45, 7) is 15.4. The molecule has 0 bridgehead atoms. The number of nitrogens with one attached hydrogen (secondary N) is 1. The first-order valence-electron chi connectivity index (χ1n) is 8.97. The second-order valence-electron chi connectivity index (χ2n) is 8.24. The third-order valence-electron chi connectivity index (χ3n) is 5.53. The average Bonchev–Trinajstić information content (AvgIpc) is 2.97. The zero-order valence-electron chi connectivity index (χ0n) is 15.1. The lowest BCUT2D eigenvalue weighted by Crippen LogP contribution is -2.36. The minimum Gasteiger partial charge on any atom is -0.356 e. The summed E-state index contributed by atoms with van der Waals surface area (Å²) in [5, 5.41) is 3.16. The fourth-order valence-corrected chi connectivity index (χ4v) is 3.76. The number of carbonyl (C=O) groups is 1. The largest absolute Gasteiger partial charge is 0.356 e. The number of likely N-dealkylation sites (tertiary alicyclic amines) is 1. The van der Waals surface area contributed by atoms with Crippen LogP contribution in [0.3, 0.4) is 0 Å². The smallest absolute Gasteiger partial charge is 0.224 e. The van der Waals surface area contributed by atoms with Crippen molar-refractivity contribution in [3.8, 4) is 0 Å². The molecular formula is C19H34N2O. The summed E-state index contributed by atoms with van der Waals surface area (Å²) >= 11 is 0. The molecule has 0 spiro atoms. The van der Waals surface area contributed by atoms with Gasteiger partial charge in [0.2, 0.25) is 5.91 Å². The van der Waals surface area contributed by atoms with E-state index in [1.807, 2.05) is 0 Å². The molecule has 1 heterocycles. The molecule has 2 unspecified atom stereocenters. The van der Waals surface area contributed by atoms with Crippen LogP contribution in [0.25, 0.3) is 0 Å². The Morgan fingerprint density at radius 2 is 1.91 bits per heavy atom. The van der Waals surface area contributed by atoms with Crippen molar-refractivity contribution in [3.05, 3.63) is 11.6 Å². The first kappa shape index (κ1) is 17.5. The Hall–Kier alpha value is -0.830. The first-order chi connectivity index (χ1) is 10.3. The number of nitrogens with zero attached hydrogens (tertiary/aromatic N) is 1. The van der Waals surface area contributed by atoms with E-state index in [0.29, 0.717) is 5.92 Å². The van der Waals surface area contributed by atoms with Crippen LogP contribution in [-0.2, 0) is 4.79 Å². The van der Waals surface area contributed by atoms with Gasteiger partial charge < -0.3 is 10.2 Å². The van der Waals surface area contributed by atoms with Crippen molar-refractivity contribution in [2.45, 2.75) is 53.9 Å². The predicted molar refractivity (Wildman–Crippen MR) is 92.7 cm³/mol. The van der Waals surface area contributed by atoms with E-state index in [-0.39, 0.29) is 17.2 Å². The number of hydrogen-bond acceptors (Lipinski definition) is 2. The van der Waals surface area contributed by atoms with Gasteiger partial charge in [-0.2, -0.15) is 0 Å². The molecule has 0 radical (unpaired) electrons. The van der Waals surface area contributed by atoms with Gasteiger partial charge in [0.05, 0.1) is 5.92 Å². The lowest BCUT2D eigenvalue weighted by Gasteiger charge is -2.30. The third-order valence-corrected chi connectivity index (χ3v) is 5.53. The van der Waals surface area contributed by atoms with Crippen LogP contribution in [0.4, 0.5) is 0 Å². The van der Waals surface area contributed by atoms with Gasteiger partial charge in [-0.25, -0.2) is 0 Å². The molecule has 2 rings (SSSR count). The number of piperidine rings is 1. The number of hydrogen-bond donors (Lipinski definition) is 1. The normalized spacial score (nSPS) is 28.2. The lowest BCUT2D eigenvalue weighted by molar-refractivity contribution is -0.123. The Kier molecular flexibility index (Phi) is 5.70. The van der Waals surface area contributed by atoms with Crippen LogP contribution in [0.15, 0.2) is 11.6 Å². The molecule has 1 saturated heterocycles. The molecule has 3 nitrogen and oxygen atoms in total. The monoisotopic (exact) mass is 306 g/mol. The summed E-state index contributed by atoms with van der Waals surface area (Å²) < 4.78 is 0. The summed E-state index contributed by atoms with van der Waals surface area (Å²) in [4.78, 5) is 14.9. The van der Waals surface area contributed by atoms with E-state index in [1.54, 1.807) is 0 Å². The molecule has 22 heavy (non-hydrogen) atoms. The van der Waals surface area contributed by atoms with Crippen LogP contribution < -0.4 is 5.32 Å². The van der Waals surface area contributed by atoms with Gasteiger partial charge in [-0.3, -0.25) is 4.79 Å². The molecule has 1 N–H and O–H groups in total. The molecule has 0 aromatic carbocycles. The number of rotatable bonds is 6. The number of carbonyl (C=O) groups excluding carboxylic acids is 1. The van der Waals surface area contributed by atoms with Crippen LogP contribution in [-0.4, -0.2) is 37.0 Å². The maximum atomic E-state index is 12.4. The highest BCUT2D eigenvalue weighted by atomic mass is 16.2. The van der Waals surface area contributed by atoms with Gasteiger partial charge in [0.1, 0.15) is 0 Å². The van der Waals surface area contributed by atoms with Crippen LogP contribution >= 0.6 is 0 Å². The van der Waals surface area contributed by atoms with Crippen molar-refractivity contribution in [2.24, 2.45) is 23.2 Å². The van der Waals surface area contributed by atoms with E-state index in [1.165, 1.54) is 31.5 Å². The van der Waals surface area contributed by atoms with Gasteiger partial charge in [-0.05, 0) is 70.0 Å². The average molecular weight is 306 g/mol. The molecule has 1 saturated carbocycles. The fourth-order valence-electron chi connectivity index (χ4n) is 3.76. The van der Waals surface area contributed by atoms with Crippen molar-refractivity contribution < 1.29 is 4.79 Å². The highest BCUT2D eigenvalue weighted by Crippen LogP contribution is 2.59. The van der Waals surface area contributed by atoms with E-state index in [4.69, 9.17) is 0 Å². The van der Waals surface area contributed by atoms with Gasteiger partial charge >= 0.3 is 0 Å². The fraction of sp³-hybridized carbons (Fsp3) is 0.842. The Morgan fingerprint density at radius 3 is 2.50 bits per heavy atom. The van der Waals surface area contributed by atoms with Crippen LogP contribution in [0.2, 0.25) is 0 Å². The van der Waals surface area contributed by atoms with Gasteiger partial charge in [0.15, 0.2) is 0 Å². The molecule has 1 aliphatic carbocycles. The van der Waals surface area contributed by atoms with E-state index >= 15 is 0 Å². The molecule has 0 aromatic rings. The summed E-state index contributed by atoms with van der Waals surface area (Å²) in [6.07, 6.45) is 5.99. The molecule has 126 valence electrons. The quantitative estimate of drug-likeness (QED) is 0.602. The van der Waals surface area contributed by atoms with Crippen LogP contribution in [0.5, 0.6) is 0 Å². The highest BCUT2D eigenvalue weighted by Gasteiger charge is 2.60. The predicted octanol–water partition coefficient (Wildman–Crippen LogP) is 3.46.